The molecule has 0 radical (unpaired) electrons. The quantitative estimate of drug-likeness (QED) is 0.664. The fourth-order valence-electron chi connectivity index (χ4n) is 2.34. The van der Waals surface area contributed by atoms with Gasteiger partial charge in [0.25, 0.3) is 0 Å². The summed E-state index contributed by atoms with van der Waals surface area (Å²) >= 11 is 0. The number of carbonyl (C=O) groups is 1. The van der Waals surface area contributed by atoms with E-state index in [1.807, 2.05) is 13.8 Å². The second-order valence-electron chi connectivity index (χ2n) is 4.91. The van der Waals surface area contributed by atoms with E-state index in [9.17, 15) is 9.90 Å². The van der Waals surface area contributed by atoms with Crippen LogP contribution in [0.3, 0.4) is 0 Å². The van der Waals surface area contributed by atoms with Crippen molar-refractivity contribution in [1.29, 1.82) is 0 Å². The van der Waals surface area contributed by atoms with E-state index < -0.39 is 6.23 Å². The fourth-order valence-corrected chi connectivity index (χ4v) is 2.34. The summed E-state index contributed by atoms with van der Waals surface area (Å²) in [5.41, 5.74) is 1.49. The summed E-state index contributed by atoms with van der Waals surface area (Å²) in [6.07, 6.45) is -0.670. The lowest BCUT2D eigenvalue weighted by Gasteiger charge is -2.30. The second-order valence-corrected chi connectivity index (χ2v) is 4.91. The Morgan fingerprint density at radius 1 is 1.65 bits per heavy atom. The number of H-pyrrole nitrogens is 1. The first-order chi connectivity index (χ1) is 7.84. The molecule has 0 saturated heterocycles. The number of aliphatic hydroxyl groups is 1. The van der Waals surface area contributed by atoms with Crippen LogP contribution >= 0.6 is 0 Å². The van der Waals surface area contributed by atoms with Crippen LogP contribution in [0.15, 0.2) is 0 Å². The molecule has 6 heteroatoms. The molecule has 0 spiro atoms. The van der Waals surface area contributed by atoms with Gasteiger partial charge in [-0.25, -0.2) is 0 Å². The standard InChI is InChI=1S/C11H18N4O2/c1-6(16)12-10-8-5-15(7(2)17)11(3,4)9(8)13-14-10/h6,16H,5H2,1-4H3,(H2,12,13,14). The highest BCUT2D eigenvalue weighted by molar-refractivity contribution is 5.76. The van der Waals surface area contributed by atoms with Gasteiger partial charge in [0, 0.05) is 12.5 Å². The maximum Gasteiger partial charge on any atom is 0.220 e. The number of aromatic nitrogens is 2. The summed E-state index contributed by atoms with van der Waals surface area (Å²) < 4.78 is 0. The van der Waals surface area contributed by atoms with Crippen LogP contribution in [0.1, 0.15) is 39.0 Å². The number of hydrogen-bond donors (Lipinski definition) is 3. The third-order valence-electron chi connectivity index (χ3n) is 3.20. The number of amides is 1. The van der Waals surface area contributed by atoms with E-state index in [-0.39, 0.29) is 11.4 Å². The van der Waals surface area contributed by atoms with Crippen LogP contribution in [0.2, 0.25) is 0 Å². The third-order valence-corrected chi connectivity index (χ3v) is 3.20. The van der Waals surface area contributed by atoms with Gasteiger partial charge in [-0.2, -0.15) is 5.10 Å². The molecule has 17 heavy (non-hydrogen) atoms. The molecule has 0 fully saturated rings. The average molecular weight is 238 g/mol. The van der Waals surface area contributed by atoms with Crippen molar-refractivity contribution in [3.05, 3.63) is 11.3 Å². The van der Waals surface area contributed by atoms with Gasteiger partial charge < -0.3 is 15.3 Å². The van der Waals surface area contributed by atoms with Crippen molar-refractivity contribution < 1.29 is 9.90 Å². The lowest BCUT2D eigenvalue weighted by atomic mass is 10.0. The Bertz CT molecular complexity index is 450. The Hall–Kier alpha value is -1.56. The van der Waals surface area contributed by atoms with Crippen molar-refractivity contribution in [1.82, 2.24) is 15.1 Å². The first-order valence-corrected chi connectivity index (χ1v) is 5.64. The predicted octanol–water partition coefficient (Wildman–Crippen LogP) is 0.757. The van der Waals surface area contributed by atoms with Gasteiger partial charge in [-0.15, -0.1) is 0 Å². The molecule has 1 atom stereocenters. The Kier molecular flexibility index (Phi) is 2.61. The Morgan fingerprint density at radius 2 is 2.29 bits per heavy atom. The van der Waals surface area contributed by atoms with Crippen LogP contribution in [0.25, 0.3) is 0 Å². The minimum absolute atomic E-state index is 0.0302. The van der Waals surface area contributed by atoms with Crippen LogP contribution in [-0.2, 0) is 16.9 Å². The molecule has 2 rings (SSSR count). The Balaban J connectivity index is 2.37. The van der Waals surface area contributed by atoms with Gasteiger partial charge in [-0.1, -0.05) is 0 Å². The maximum absolute atomic E-state index is 11.6. The number of hydrogen-bond acceptors (Lipinski definition) is 4. The highest BCUT2D eigenvalue weighted by atomic mass is 16.3. The number of rotatable bonds is 2. The fraction of sp³-hybridized carbons (Fsp3) is 0.636. The van der Waals surface area contributed by atoms with Crippen molar-refractivity contribution in [2.24, 2.45) is 0 Å². The van der Waals surface area contributed by atoms with Crippen molar-refractivity contribution in [3.63, 3.8) is 0 Å². The molecule has 1 amide bonds. The van der Waals surface area contributed by atoms with Gasteiger partial charge in [0.2, 0.25) is 5.91 Å². The monoisotopic (exact) mass is 238 g/mol. The van der Waals surface area contributed by atoms with Gasteiger partial charge in [0.05, 0.1) is 17.8 Å². The normalized spacial score (nSPS) is 19.0. The van der Waals surface area contributed by atoms with Gasteiger partial charge in [-0.3, -0.25) is 9.89 Å². The van der Waals surface area contributed by atoms with E-state index in [0.29, 0.717) is 12.4 Å². The summed E-state index contributed by atoms with van der Waals surface area (Å²) in [5, 5.41) is 19.3. The Labute approximate surface area is 100 Å². The molecule has 0 aromatic carbocycles. The molecule has 0 bridgehead atoms. The lowest BCUT2D eigenvalue weighted by Crippen LogP contribution is -2.39. The molecule has 1 aromatic rings. The van der Waals surface area contributed by atoms with E-state index in [0.717, 1.165) is 11.3 Å². The molecule has 3 N–H and O–H groups in total. The molecule has 94 valence electrons. The van der Waals surface area contributed by atoms with Crippen LogP contribution in [0.5, 0.6) is 0 Å². The van der Waals surface area contributed by atoms with Crippen LogP contribution < -0.4 is 5.32 Å². The maximum atomic E-state index is 11.6. The molecule has 2 heterocycles. The molecule has 1 aromatic heterocycles. The average Bonchev–Trinajstić information content (AvgIpc) is 2.66. The summed E-state index contributed by atoms with van der Waals surface area (Å²) in [6, 6.07) is 0. The number of nitrogens with zero attached hydrogens (tertiary/aromatic N) is 2. The molecular weight excluding hydrogens is 220 g/mol. The zero-order valence-corrected chi connectivity index (χ0v) is 10.5. The molecule has 0 saturated carbocycles. The molecule has 6 nitrogen and oxygen atoms in total. The second kappa shape index (κ2) is 3.73. The first kappa shape index (κ1) is 11.9. The van der Waals surface area contributed by atoms with Crippen molar-refractivity contribution >= 4 is 11.7 Å². The summed E-state index contributed by atoms with van der Waals surface area (Å²) in [4.78, 5) is 13.4. The van der Waals surface area contributed by atoms with Gasteiger partial charge in [0.15, 0.2) is 5.82 Å². The SMILES string of the molecule is CC(=O)N1Cc2c(NC(C)O)n[nH]c2C1(C)C. The molecule has 1 aliphatic rings. The van der Waals surface area contributed by atoms with E-state index in [4.69, 9.17) is 0 Å². The largest absolute Gasteiger partial charge is 0.374 e. The van der Waals surface area contributed by atoms with Crippen LogP contribution in [0.4, 0.5) is 5.82 Å². The summed E-state index contributed by atoms with van der Waals surface area (Å²) in [6.45, 7) is 7.66. The molecule has 0 aliphatic carbocycles. The zero-order chi connectivity index (χ0) is 12.8. The number of fused-ring (bicyclic) bond motifs is 1. The molecule has 1 unspecified atom stereocenters. The Morgan fingerprint density at radius 3 is 2.82 bits per heavy atom. The molecule has 1 aliphatic heterocycles. The highest BCUT2D eigenvalue weighted by Crippen LogP contribution is 2.40. The lowest BCUT2D eigenvalue weighted by molar-refractivity contribution is -0.134. The summed E-state index contributed by atoms with van der Waals surface area (Å²) in [7, 11) is 0. The van der Waals surface area contributed by atoms with E-state index in [1.165, 1.54) is 0 Å². The van der Waals surface area contributed by atoms with E-state index >= 15 is 0 Å². The minimum atomic E-state index is -0.670. The molecular formula is C11H18N4O2. The van der Waals surface area contributed by atoms with E-state index in [2.05, 4.69) is 15.5 Å². The summed E-state index contributed by atoms with van der Waals surface area (Å²) in [5.74, 6) is 0.648. The van der Waals surface area contributed by atoms with E-state index in [1.54, 1.807) is 18.7 Å². The highest BCUT2D eigenvalue weighted by Gasteiger charge is 2.42. The third kappa shape index (κ3) is 1.78. The number of aliphatic hydroxyl groups excluding tert-OH is 1. The van der Waals surface area contributed by atoms with Crippen LogP contribution in [0, 0.1) is 0 Å². The predicted molar refractivity (Wildman–Crippen MR) is 63.1 cm³/mol. The van der Waals surface area contributed by atoms with Gasteiger partial charge >= 0.3 is 0 Å². The number of aromatic amines is 1. The first-order valence-electron chi connectivity index (χ1n) is 5.64. The smallest absolute Gasteiger partial charge is 0.220 e. The minimum Gasteiger partial charge on any atom is -0.374 e. The number of nitrogens with one attached hydrogen (secondary N) is 2. The van der Waals surface area contributed by atoms with Crippen molar-refractivity contribution in [3.8, 4) is 0 Å². The van der Waals surface area contributed by atoms with Crippen molar-refractivity contribution in [2.75, 3.05) is 5.32 Å². The van der Waals surface area contributed by atoms with Crippen molar-refractivity contribution in [2.45, 2.75) is 46.0 Å². The number of carbonyl (C=O) groups excluding carboxylic acids is 1. The van der Waals surface area contributed by atoms with Gasteiger partial charge in [-0.05, 0) is 20.8 Å². The zero-order valence-electron chi connectivity index (χ0n) is 10.5. The topological polar surface area (TPSA) is 81.2 Å². The van der Waals surface area contributed by atoms with Crippen LogP contribution in [-0.4, -0.2) is 32.3 Å². The number of anilines is 1. The van der Waals surface area contributed by atoms with Gasteiger partial charge in [0.1, 0.15) is 6.23 Å².